The van der Waals surface area contributed by atoms with E-state index in [9.17, 15) is 43.5 Å². The number of primary amides is 1. The molecule has 10 rings (SSSR count). The third-order valence-corrected chi connectivity index (χ3v) is 18.9. The highest BCUT2D eigenvalue weighted by atomic mass is 32.1. The summed E-state index contributed by atoms with van der Waals surface area (Å²) in [6.07, 6.45) is 10.1. The Morgan fingerprint density at radius 3 is 1.73 bits per heavy atom. The number of H-pyrrole nitrogens is 2. The first-order chi connectivity index (χ1) is 43.1. The summed E-state index contributed by atoms with van der Waals surface area (Å²) in [5.41, 5.74) is 12.0. The van der Waals surface area contributed by atoms with Crippen molar-refractivity contribution in [2.24, 2.45) is 17.6 Å². The number of ether oxygens (including phenoxy) is 2. The third kappa shape index (κ3) is 14.9. The lowest BCUT2D eigenvalue weighted by molar-refractivity contribution is -0.136. The summed E-state index contributed by atoms with van der Waals surface area (Å²) in [4.78, 5) is 129. The summed E-state index contributed by atoms with van der Waals surface area (Å²) >= 11 is 1.18. The Balaban J connectivity index is 0.710. The number of amides is 8. The number of aromatic amines is 2. The molecule has 8 amide bonds. The number of hydrogen-bond donors (Lipinski definition) is 7. The molecule has 470 valence electrons. The van der Waals surface area contributed by atoms with Crippen molar-refractivity contribution in [3.63, 3.8) is 0 Å². The van der Waals surface area contributed by atoms with E-state index in [2.05, 4.69) is 42.6 Å². The first kappa shape index (κ1) is 63.0. The molecule has 0 spiro atoms. The number of nitrogens with zero attached hydrogens (tertiary/aromatic N) is 6. The second kappa shape index (κ2) is 28.8. The van der Waals surface area contributed by atoms with Crippen molar-refractivity contribution in [3.8, 4) is 44.1 Å². The number of carboxylic acid groups (broad SMARTS) is 1. The van der Waals surface area contributed by atoms with E-state index in [0.717, 1.165) is 76.2 Å². The van der Waals surface area contributed by atoms with Crippen LogP contribution < -0.4 is 26.6 Å². The van der Waals surface area contributed by atoms with Gasteiger partial charge in [-0.3, -0.25) is 19.2 Å². The van der Waals surface area contributed by atoms with Gasteiger partial charge in [0.1, 0.15) is 28.6 Å². The largest absolute Gasteiger partial charge is 0.477 e. The summed E-state index contributed by atoms with van der Waals surface area (Å²) in [7, 11) is 2.43. The van der Waals surface area contributed by atoms with E-state index in [0.29, 0.717) is 107 Å². The molecule has 3 aliphatic heterocycles. The highest BCUT2D eigenvalue weighted by Crippen LogP contribution is 2.42. The number of likely N-dealkylation sites (tertiary alicyclic amines) is 3. The average Bonchev–Trinajstić information content (AvgIpc) is 2.15. The second-order valence-corrected chi connectivity index (χ2v) is 24.6. The number of alkyl carbamates (subject to hydrolysis) is 2. The van der Waals surface area contributed by atoms with Gasteiger partial charge in [-0.1, -0.05) is 85.8 Å². The molecule has 6 aromatic rings. The van der Waals surface area contributed by atoms with E-state index in [-0.39, 0.29) is 53.2 Å². The molecule has 0 radical (unpaired) electrons. The number of urea groups is 1. The molecule has 8 N–H and O–H groups in total. The SMILES string of the molecule is COC(=O)N[C@@H](CCCCNC(=O)N1CCC(N(C(=O)C2CCC(C)CC2)c2cc(-c3ccccc3)sc2C(=O)O)CC1)C(=O)N1CCC[C@H]1c1ncc(-c2ccc(-c3ccc(-c4cnc([C@@H]5CCCN5C(=O)[C@H](CC(N)=O)NC(=O)OC)[nH]4)cc3)cc2)[nH]1. The van der Waals surface area contributed by atoms with Crippen molar-refractivity contribution in [2.45, 2.75) is 127 Å². The Bertz CT molecular complexity index is 3480. The molecular weight excluding hydrogens is 1160 g/mol. The number of rotatable bonds is 21. The lowest BCUT2D eigenvalue weighted by Gasteiger charge is -2.40. The number of imidazole rings is 2. The van der Waals surface area contributed by atoms with Crippen LogP contribution >= 0.6 is 11.3 Å². The fraction of sp³-hybridized carbons (Fsp3) is 0.446. The minimum absolute atomic E-state index is 0.0414. The number of nitrogens with one attached hydrogen (secondary N) is 5. The molecule has 1 saturated carbocycles. The molecule has 0 unspecified atom stereocenters. The molecule has 3 saturated heterocycles. The zero-order valence-electron chi connectivity index (χ0n) is 50.4. The van der Waals surface area contributed by atoms with E-state index in [1.807, 2.05) is 84.9 Å². The van der Waals surface area contributed by atoms with Crippen LogP contribution in [-0.2, 0) is 28.7 Å². The molecule has 4 aliphatic rings. The number of unbranched alkanes of at least 4 members (excludes halogenated alkanes) is 1. The highest BCUT2D eigenvalue weighted by molar-refractivity contribution is 7.18. The van der Waals surface area contributed by atoms with Crippen LogP contribution in [-0.4, -0.2) is 153 Å². The van der Waals surface area contributed by atoms with Crippen LogP contribution in [0.1, 0.15) is 130 Å². The molecule has 4 fully saturated rings. The Kier molecular flexibility index (Phi) is 20.4. The number of carboxylic acids is 1. The second-order valence-electron chi connectivity index (χ2n) is 23.6. The minimum atomic E-state index is -1.17. The van der Waals surface area contributed by atoms with Crippen LogP contribution in [0.5, 0.6) is 0 Å². The maximum atomic E-state index is 14.5. The number of hydrogen-bond acceptors (Lipinski definition) is 13. The molecule has 0 bridgehead atoms. The van der Waals surface area contributed by atoms with Gasteiger partial charge in [0.05, 0.1) is 62.2 Å². The van der Waals surface area contributed by atoms with Gasteiger partial charge in [-0.25, -0.2) is 29.1 Å². The van der Waals surface area contributed by atoms with Gasteiger partial charge in [-0.15, -0.1) is 11.3 Å². The van der Waals surface area contributed by atoms with Crippen LogP contribution in [0.25, 0.3) is 44.1 Å². The number of thiophene rings is 1. The number of methoxy groups -OCH3 is 2. The normalized spacial score (nSPS) is 19.2. The number of aromatic carboxylic acids is 1. The van der Waals surface area contributed by atoms with E-state index in [4.69, 9.17) is 15.5 Å². The topological polar surface area (TPSA) is 308 Å². The molecule has 24 heteroatoms. The van der Waals surface area contributed by atoms with Gasteiger partial charge in [0.25, 0.3) is 0 Å². The number of carbonyl (C=O) groups is 8. The van der Waals surface area contributed by atoms with Crippen molar-refractivity contribution >= 4 is 64.8 Å². The van der Waals surface area contributed by atoms with E-state index < -0.39 is 42.1 Å². The number of benzene rings is 3. The van der Waals surface area contributed by atoms with Crippen molar-refractivity contribution in [2.75, 3.05) is 51.8 Å². The van der Waals surface area contributed by atoms with Crippen LogP contribution in [0.4, 0.5) is 20.1 Å². The molecule has 1 aliphatic carbocycles. The number of carbonyl (C=O) groups excluding carboxylic acids is 7. The number of nitrogens with two attached hydrogens (primary N) is 1. The summed E-state index contributed by atoms with van der Waals surface area (Å²) in [5.74, 6) is -0.973. The standard InChI is InChI=1S/C65H78N12O11S/c1-39-16-18-45(19-17-39)59(79)77(53-36-54(89-56(53)62(82)83)44-11-5-4-6-12-44)46-28-33-74(34-29-46)63(84)67-30-8-7-13-47(72-64(85)87-2)60(80)75-31-9-14-51(75)57-68-37-49(70-57)42-24-20-40(21-25-42)41-22-26-43(27-23-41)50-38-69-58(71-50)52-15-10-32-76(52)61(81)48(35-55(66)78)73-65(86)88-3/h4-6,11-12,20-27,36-39,45-48,51-52H,7-10,13-19,28-35H2,1-3H3,(H2,66,78)(H,67,84)(H,68,70)(H,69,71)(H,72,85)(H,73,86)(H,82,83)/t39?,45?,47-,48-,51-,52-/m0/s1. The van der Waals surface area contributed by atoms with E-state index in [1.54, 1.807) is 32.0 Å². The van der Waals surface area contributed by atoms with Gasteiger partial charge in [0.15, 0.2) is 0 Å². The summed E-state index contributed by atoms with van der Waals surface area (Å²) in [6, 6.07) is 24.2. The van der Waals surface area contributed by atoms with Crippen LogP contribution in [0.2, 0.25) is 0 Å². The van der Waals surface area contributed by atoms with Gasteiger partial charge in [0.2, 0.25) is 23.6 Å². The lowest BCUT2D eigenvalue weighted by atomic mass is 9.82. The van der Waals surface area contributed by atoms with Crippen molar-refractivity contribution < 1.29 is 52.9 Å². The first-order valence-electron chi connectivity index (χ1n) is 30.7. The minimum Gasteiger partial charge on any atom is -0.477 e. The zero-order valence-corrected chi connectivity index (χ0v) is 51.2. The summed E-state index contributed by atoms with van der Waals surface area (Å²) in [5, 5.41) is 18.6. The molecular formula is C65H78N12O11S. The van der Waals surface area contributed by atoms with E-state index >= 15 is 0 Å². The van der Waals surface area contributed by atoms with Crippen LogP contribution in [0.3, 0.4) is 0 Å². The maximum Gasteiger partial charge on any atom is 0.407 e. The monoisotopic (exact) mass is 1230 g/mol. The Labute approximate surface area is 520 Å². The predicted molar refractivity (Wildman–Crippen MR) is 334 cm³/mol. The van der Waals surface area contributed by atoms with Gasteiger partial charge in [-0.2, -0.15) is 0 Å². The molecule has 6 heterocycles. The predicted octanol–water partition coefficient (Wildman–Crippen LogP) is 9.42. The summed E-state index contributed by atoms with van der Waals surface area (Å²) < 4.78 is 9.60. The lowest BCUT2D eigenvalue weighted by Crippen LogP contribution is -2.52. The van der Waals surface area contributed by atoms with Crippen molar-refractivity contribution in [3.05, 3.63) is 114 Å². The van der Waals surface area contributed by atoms with Crippen LogP contribution in [0, 0.1) is 11.8 Å². The smallest absolute Gasteiger partial charge is 0.407 e. The quantitative estimate of drug-likeness (QED) is 0.0331. The Morgan fingerprint density at radius 1 is 0.674 bits per heavy atom. The fourth-order valence-electron chi connectivity index (χ4n) is 12.8. The van der Waals surface area contributed by atoms with Gasteiger partial charge in [-0.05, 0) is 123 Å². The molecule has 3 aromatic heterocycles. The first-order valence-corrected chi connectivity index (χ1v) is 31.6. The fourth-order valence-corrected chi connectivity index (χ4v) is 13.8. The Morgan fingerprint density at radius 2 is 1.20 bits per heavy atom. The van der Waals surface area contributed by atoms with Crippen LogP contribution in [0.15, 0.2) is 97.3 Å². The maximum absolute atomic E-state index is 14.5. The average molecular weight is 1240 g/mol. The highest BCUT2D eigenvalue weighted by Gasteiger charge is 2.41. The van der Waals surface area contributed by atoms with Crippen molar-refractivity contribution in [1.29, 1.82) is 0 Å². The van der Waals surface area contributed by atoms with Gasteiger partial charge < -0.3 is 65.8 Å². The Hall–Kier alpha value is -9.06. The molecule has 89 heavy (non-hydrogen) atoms. The molecule has 4 atom stereocenters. The number of piperidine rings is 1. The molecule has 23 nitrogen and oxygen atoms in total. The zero-order chi connectivity index (χ0) is 62.7. The third-order valence-electron chi connectivity index (χ3n) is 17.7. The summed E-state index contributed by atoms with van der Waals surface area (Å²) in [6.45, 7) is 4.21. The molecule has 3 aromatic carbocycles. The number of aromatic nitrogens is 4. The van der Waals surface area contributed by atoms with Crippen molar-refractivity contribution in [1.82, 2.24) is 50.6 Å². The van der Waals surface area contributed by atoms with Gasteiger partial charge >= 0.3 is 24.2 Å². The number of anilines is 1. The van der Waals surface area contributed by atoms with Gasteiger partial charge in [0, 0.05) is 49.6 Å². The van der Waals surface area contributed by atoms with E-state index in [1.165, 1.54) is 25.6 Å².